The summed E-state index contributed by atoms with van der Waals surface area (Å²) in [5.41, 5.74) is -0.106. The maximum absolute atomic E-state index is 11.2. The summed E-state index contributed by atoms with van der Waals surface area (Å²) in [5, 5.41) is 17.0. The Labute approximate surface area is 91.8 Å². The van der Waals surface area contributed by atoms with Crippen molar-refractivity contribution in [2.24, 2.45) is 0 Å². The zero-order chi connectivity index (χ0) is 12.7. The van der Waals surface area contributed by atoms with Crippen molar-refractivity contribution in [2.75, 3.05) is 0 Å². The number of carboxylic acid groups (broad SMARTS) is 2. The molecule has 0 aliphatic carbocycles. The molecular weight excluding hydrogens is 214 g/mol. The minimum absolute atomic E-state index is 0.106. The van der Waals surface area contributed by atoms with Gasteiger partial charge < -0.3 is 10.2 Å². The Balaban J connectivity index is 5.03. The van der Waals surface area contributed by atoms with Crippen LogP contribution in [0.1, 0.15) is 6.92 Å². The molecule has 86 valence electrons. The van der Waals surface area contributed by atoms with E-state index in [0.29, 0.717) is 6.08 Å². The first-order valence-electron chi connectivity index (χ1n) is 4.16. The van der Waals surface area contributed by atoms with Crippen LogP contribution >= 0.6 is 0 Å². The average molecular weight is 225 g/mol. The molecule has 2 N–H and O–H groups in total. The molecular formula is C10H11NO5. The number of nitrogens with zero attached hydrogens (tertiary/aromatic N) is 1. The maximum atomic E-state index is 11.2. The average Bonchev–Trinajstić information content (AvgIpc) is 2.22. The summed E-state index contributed by atoms with van der Waals surface area (Å²) in [5.74, 6) is -3.08. The molecule has 0 spiro atoms. The zero-order valence-corrected chi connectivity index (χ0v) is 8.58. The zero-order valence-electron chi connectivity index (χ0n) is 8.58. The van der Waals surface area contributed by atoms with Crippen LogP contribution in [0.2, 0.25) is 0 Å². The van der Waals surface area contributed by atoms with Crippen LogP contribution in [0.4, 0.5) is 0 Å². The minimum Gasteiger partial charge on any atom is -0.478 e. The Morgan fingerprint density at radius 2 is 1.81 bits per heavy atom. The van der Waals surface area contributed by atoms with E-state index in [0.717, 1.165) is 23.4 Å². The van der Waals surface area contributed by atoms with E-state index in [4.69, 9.17) is 10.2 Å². The van der Waals surface area contributed by atoms with Crippen molar-refractivity contribution in [2.45, 2.75) is 6.92 Å². The molecule has 0 saturated carbocycles. The van der Waals surface area contributed by atoms with Gasteiger partial charge in [-0.3, -0.25) is 9.69 Å². The van der Waals surface area contributed by atoms with Crippen molar-refractivity contribution in [1.82, 2.24) is 4.90 Å². The van der Waals surface area contributed by atoms with Gasteiger partial charge in [-0.1, -0.05) is 6.58 Å². The number of hydrogen-bond donors (Lipinski definition) is 2. The standard InChI is InChI=1S/C10H11NO5/c1-3-8(12)11(5-4-9(13)14)6-7(2)10(15)16/h3-6H,1H2,2H3,(H,13,14)(H,15,16). The van der Waals surface area contributed by atoms with Crippen molar-refractivity contribution in [3.05, 3.63) is 36.7 Å². The van der Waals surface area contributed by atoms with Gasteiger partial charge in [-0.25, -0.2) is 9.59 Å². The third kappa shape index (κ3) is 4.75. The lowest BCUT2D eigenvalue weighted by Crippen LogP contribution is -2.19. The Hall–Kier alpha value is -2.37. The van der Waals surface area contributed by atoms with E-state index in [-0.39, 0.29) is 5.57 Å². The van der Waals surface area contributed by atoms with Crippen molar-refractivity contribution in [1.29, 1.82) is 0 Å². The molecule has 0 radical (unpaired) electrons. The maximum Gasteiger partial charge on any atom is 0.332 e. The Kier molecular flexibility index (Phi) is 5.26. The number of amides is 1. The van der Waals surface area contributed by atoms with Gasteiger partial charge in [0.25, 0.3) is 5.91 Å². The van der Waals surface area contributed by atoms with Crippen LogP contribution in [-0.4, -0.2) is 33.0 Å². The Morgan fingerprint density at radius 3 is 2.19 bits per heavy atom. The fraction of sp³-hybridized carbons (Fsp3) is 0.100. The third-order valence-corrected chi connectivity index (χ3v) is 1.48. The smallest absolute Gasteiger partial charge is 0.332 e. The predicted molar refractivity (Wildman–Crippen MR) is 55.2 cm³/mol. The molecule has 6 nitrogen and oxygen atoms in total. The lowest BCUT2D eigenvalue weighted by Gasteiger charge is -2.10. The quantitative estimate of drug-likeness (QED) is 0.667. The first kappa shape index (κ1) is 13.6. The van der Waals surface area contributed by atoms with Gasteiger partial charge >= 0.3 is 11.9 Å². The van der Waals surface area contributed by atoms with E-state index < -0.39 is 17.8 Å². The summed E-state index contributed by atoms with van der Waals surface area (Å²) in [6, 6.07) is 0. The lowest BCUT2D eigenvalue weighted by atomic mass is 10.3. The molecule has 0 aliphatic heterocycles. The SMILES string of the molecule is C=CC(=O)N(C=CC(=O)O)C=C(C)C(=O)O. The Morgan fingerprint density at radius 1 is 1.25 bits per heavy atom. The molecule has 0 rings (SSSR count). The van der Waals surface area contributed by atoms with E-state index in [1.54, 1.807) is 0 Å². The summed E-state index contributed by atoms with van der Waals surface area (Å²) in [7, 11) is 0. The third-order valence-electron chi connectivity index (χ3n) is 1.48. The number of carbonyl (C=O) groups excluding carboxylic acids is 1. The topological polar surface area (TPSA) is 94.9 Å². The lowest BCUT2D eigenvalue weighted by molar-refractivity contribution is -0.133. The summed E-state index contributed by atoms with van der Waals surface area (Å²) >= 11 is 0. The second kappa shape index (κ2) is 6.18. The van der Waals surface area contributed by atoms with E-state index in [1.165, 1.54) is 6.92 Å². The highest BCUT2D eigenvalue weighted by Gasteiger charge is 2.07. The fourth-order valence-corrected chi connectivity index (χ4v) is 0.693. The molecule has 0 aromatic heterocycles. The molecule has 0 fully saturated rings. The number of hydrogen-bond acceptors (Lipinski definition) is 3. The van der Waals surface area contributed by atoms with Crippen molar-refractivity contribution in [3.63, 3.8) is 0 Å². The van der Waals surface area contributed by atoms with Crippen LogP contribution < -0.4 is 0 Å². The Bertz CT molecular complexity index is 381. The van der Waals surface area contributed by atoms with E-state index in [9.17, 15) is 14.4 Å². The summed E-state index contributed by atoms with van der Waals surface area (Å²) in [4.78, 5) is 32.8. The van der Waals surface area contributed by atoms with Crippen LogP contribution in [0.25, 0.3) is 0 Å². The first-order valence-corrected chi connectivity index (χ1v) is 4.16. The van der Waals surface area contributed by atoms with Gasteiger partial charge in [0.1, 0.15) is 0 Å². The minimum atomic E-state index is -1.25. The molecule has 16 heavy (non-hydrogen) atoms. The summed E-state index contributed by atoms with van der Waals surface area (Å²) in [6.45, 7) is 4.49. The van der Waals surface area contributed by atoms with E-state index in [2.05, 4.69) is 6.58 Å². The molecule has 1 amide bonds. The van der Waals surface area contributed by atoms with Gasteiger partial charge in [0.05, 0.1) is 5.57 Å². The molecule has 6 heteroatoms. The predicted octanol–water partition coefficient (Wildman–Crippen LogP) is 0.588. The van der Waals surface area contributed by atoms with Crippen LogP contribution in [0.15, 0.2) is 36.7 Å². The second-order valence-corrected chi connectivity index (χ2v) is 2.72. The molecule has 0 aromatic carbocycles. The van der Waals surface area contributed by atoms with Gasteiger partial charge in [-0.15, -0.1) is 0 Å². The van der Waals surface area contributed by atoms with Gasteiger partial charge in [0.2, 0.25) is 0 Å². The highest BCUT2D eigenvalue weighted by molar-refractivity contribution is 5.92. The van der Waals surface area contributed by atoms with Crippen LogP contribution in [0.3, 0.4) is 0 Å². The number of aliphatic carboxylic acids is 2. The van der Waals surface area contributed by atoms with Crippen molar-refractivity contribution < 1.29 is 24.6 Å². The normalized spacial score (nSPS) is 11.2. The fourth-order valence-electron chi connectivity index (χ4n) is 0.693. The van der Waals surface area contributed by atoms with Crippen LogP contribution in [-0.2, 0) is 14.4 Å². The van der Waals surface area contributed by atoms with Gasteiger partial charge in [-0.05, 0) is 13.0 Å². The number of carbonyl (C=O) groups is 3. The van der Waals surface area contributed by atoms with E-state index >= 15 is 0 Å². The van der Waals surface area contributed by atoms with Gasteiger partial charge in [0, 0.05) is 18.5 Å². The van der Waals surface area contributed by atoms with Crippen LogP contribution in [0.5, 0.6) is 0 Å². The summed E-state index contributed by atoms with van der Waals surface area (Å²) < 4.78 is 0. The molecule has 0 aliphatic rings. The number of rotatable bonds is 5. The highest BCUT2D eigenvalue weighted by Crippen LogP contribution is 2.00. The largest absolute Gasteiger partial charge is 0.478 e. The van der Waals surface area contributed by atoms with E-state index in [1.807, 2.05) is 0 Å². The first-order chi connectivity index (χ1) is 7.38. The molecule has 0 aromatic rings. The molecule has 0 bridgehead atoms. The van der Waals surface area contributed by atoms with Crippen LogP contribution in [0, 0.1) is 0 Å². The van der Waals surface area contributed by atoms with Gasteiger partial charge in [-0.2, -0.15) is 0 Å². The highest BCUT2D eigenvalue weighted by atomic mass is 16.4. The molecule has 0 unspecified atom stereocenters. The summed E-state index contributed by atoms with van der Waals surface area (Å²) in [6.07, 6.45) is 3.61. The number of carboxylic acids is 2. The molecule has 0 saturated heterocycles. The van der Waals surface area contributed by atoms with Crippen molar-refractivity contribution >= 4 is 17.8 Å². The second-order valence-electron chi connectivity index (χ2n) is 2.72. The monoisotopic (exact) mass is 225 g/mol. The van der Waals surface area contributed by atoms with Gasteiger partial charge in [0.15, 0.2) is 0 Å². The van der Waals surface area contributed by atoms with Crippen molar-refractivity contribution in [3.8, 4) is 0 Å². The molecule has 0 heterocycles. The molecule has 0 atom stereocenters.